The SMILES string of the molecule is COC(=O)C(O)CNS(=O)(=O)c1ccc(C(F)(F)F)cc1C. The van der Waals surface area contributed by atoms with Crippen LogP contribution >= 0.6 is 0 Å². The van der Waals surface area contributed by atoms with E-state index in [4.69, 9.17) is 0 Å². The predicted molar refractivity (Wildman–Crippen MR) is 69.4 cm³/mol. The average molecular weight is 341 g/mol. The first kappa shape index (κ1) is 18.4. The summed E-state index contributed by atoms with van der Waals surface area (Å²) in [5, 5.41) is 9.30. The zero-order chi connectivity index (χ0) is 17.1. The van der Waals surface area contributed by atoms with Crippen LogP contribution in [0.15, 0.2) is 23.1 Å². The highest BCUT2D eigenvalue weighted by Crippen LogP contribution is 2.31. The molecule has 0 aliphatic heterocycles. The van der Waals surface area contributed by atoms with E-state index >= 15 is 0 Å². The number of benzene rings is 1. The Hall–Kier alpha value is -1.65. The maximum Gasteiger partial charge on any atom is 0.416 e. The van der Waals surface area contributed by atoms with Crippen LogP contribution in [0.25, 0.3) is 0 Å². The number of alkyl halides is 3. The molecule has 0 radical (unpaired) electrons. The molecule has 0 saturated heterocycles. The van der Waals surface area contributed by atoms with Crippen LogP contribution in [0.5, 0.6) is 0 Å². The summed E-state index contributed by atoms with van der Waals surface area (Å²) in [6, 6.07) is 2.15. The Balaban J connectivity index is 2.97. The van der Waals surface area contributed by atoms with E-state index in [1.165, 1.54) is 6.92 Å². The van der Waals surface area contributed by atoms with Crippen LogP contribution in [0.2, 0.25) is 0 Å². The molecule has 0 fully saturated rings. The fraction of sp³-hybridized carbons (Fsp3) is 0.417. The van der Waals surface area contributed by atoms with Gasteiger partial charge in [0.25, 0.3) is 0 Å². The van der Waals surface area contributed by atoms with Gasteiger partial charge < -0.3 is 9.84 Å². The lowest BCUT2D eigenvalue weighted by atomic mass is 10.1. The second kappa shape index (κ2) is 6.63. The van der Waals surface area contributed by atoms with E-state index in [9.17, 15) is 31.5 Å². The minimum Gasteiger partial charge on any atom is -0.467 e. The maximum atomic E-state index is 12.5. The minimum absolute atomic E-state index is 0.116. The van der Waals surface area contributed by atoms with Crippen molar-refractivity contribution in [3.8, 4) is 0 Å². The molecule has 0 bridgehead atoms. The zero-order valence-electron chi connectivity index (χ0n) is 11.6. The van der Waals surface area contributed by atoms with Crippen molar-refractivity contribution in [2.75, 3.05) is 13.7 Å². The number of sulfonamides is 1. The minimum atomic E-state index is -4.58. The first-order chi connectivity index (χ1) is 9.99. The number of aliphatic hydroxyl groups is 1. The van der Waals surface area contributed by atoms with Gasteiger partial charge in [-0.1, -0.05) is 0 Å². The largest absolute Gasteiger partial charge is 0.467 e. The number of aryl methyl sites for hydroxylation is 1. The van der Waals surface area contributed by atoms with Crippen molar-refractivity contribution >= 4 is 16.0 Å². The summed E-state index contributed by atoms with van der Waals surface area (Å²) in [6.45, 7) is 0.552. The molecule has 6 nitrogen and oxygen atoms in total. The van der Waals surface area contributed by atoms with Gasteiger partial charge in [-0.15, -0.1) is 0 Å². The molecule has 0 heterocycles. The Morgan fingerprint density at radius 3 is 2.45 bits per heavy atom. The molecule has 1 rings (SSSR count). The van der Waals surface area contributed by atoms with Gasteiger partial charge in [0.2, 0.25) is 10.0 Å². The summed E-state index contributed by atoms with van der Waals surface area (Å²) in [7, 11) is -3.16. The number of carbonyl (C=O) groups is 1. The highest BCUT2D eigenvalue weighted by molar-refractivity contribution is 7.89. The lowest BCUT2D eigenvalue weighted by Crippen LogP contribution is -2.37. The Bertz CT molecular complexity index is 657. The molecule has 124 valence electrons. The molecular formula is C12H14F3NO5S. The van der Waals surface area contributed by atoms with Crippen molar-refractivity contribution in [1.82, 2.24) is 4.72 Å². The first-order valence-corrected chi connectivity index (χ1v) is 7.40. The van der Waals surface area contributed by atoms with Crippen LogP contribution < -0.4 is 4.72 Å². The van der Waals surface area contributed by atoms with Gasteiger partial charge in [0, 0.05) is 6.54 Å². The van der Waals surface area contributed by atoms with Crippen molar-refractivity contribution in [2.24, 2.45) is 0 Å². The Morgan fingerprint density at radius 2 is 2.00 bits per heavy atom. The lowest BCUT2D eigenvalue weighted by Gasteiger charge is -2.13. The molecule has 22 heavy (non-hydrogen) atoms. The van der Waals surface area contributed by atoms with E-state index in [1.807, 2.05) is 4.72 Å². The lowest BCUT2D eigenvalue weighted by molar-refractivity contribution is -0.149. The molecule has 0 saturated carbocycles. The third kappa shape index (κ3) is 4.42. The number of esters is 1. The summed E-state index contributed by atoms with van der Waals surface area (Å²) in [6.07, 6.45) is -6.30. The topological polar surface area (TPSA) is 92.7 Å². The monoisotopic (exact) mass is 341 g/mol. The van der Waals surface area contributed by atoms with E-state index in [-0.39, 0.29) is 10.5 Å². The Morgan fingerprint density at radius 1 is 1.41 bits per heavy atom. The van der Waals surface area contributed by atoms with Crippen molar-refractivity contribution in [3.63, 3.8) is 0 Å². The summed E-state index contributed by atoms with van der Waals surface area (Å²) in [5.74, 6) is -1.04. The number of hydrogen-bond acceptors (Lipinski definition) is 5. The molecule has 0 amide bonds. The molecule has 10 heteroatoms. The molecule has 0 aliphatic carbocycles. The average Bonchev–Trinajstić information content (AvgIpc) is 2.42. The van der Waals surface area contributed by atoms with E-state index in [0.29, 0.717) is 12.1 Å². The van der Waals surface area contributed by atoms with Gasteiger partial charge in [0.1, 0.15) is 0 Å². The van der Waals surface area contributed by atoms with Gasteiger partial charge in [-0.3, -0.25) is 0 Å². The van der Waals surface area contributed by atoms with Crippen LogP contribution in [0.3, 0.4) is 0 Å². The fourth-order valence-corrected chi connectivity index (χ4v) is 2.88. The van der Waals surface area contributed by atoms with Gasteiger partial charge in [-0.25, -0.2) is 17.9 Å². The number of rotatable bonds is 5. The van der Waals surface area contributed by atoms with Crippen molar-refractivity contribution in [1.29, 1.82) is 0 Å². The zero-order valence-corrected chi connectivity index (χ0v) is 12.5. The van der Waals surface area contributed by atoms with E-state index < -0.39 is 40.4 Å². The van der Waals surface area contributed by atoms with Crippen molar-refractivity contribution in [2.45, 2.75) is 24.1 Å². The molecule has 1 atom stereocenters. The maximum absolute atomic E-state index is 12.5. The molecule has 0 spiro atoms. The fourth-order valence-electron chi connectivity index (χ4n) is 1.61. The first-order valence-electron chi connectivity index (χ1n) is 5.92. The number of aliphatic hydroxyl groups excluding tert-OH is 1. The predicted octanol–water partition coefficient (Wildman–Crippen LogP) is 0.826. The van der Waals surface area contributed by atoms with Crippen LogP contribution in [-0.2, 0) is 25.7 Å². The van der Waals surface area contributed by atoms with Gasteiger partial charge in [-0.05, 0) is 30.7 Å². The van der Waals surface area contributed by atoms with Crippen LogP contribution in [-0.4, -0.2) is 39.3 Å². The number of methoxy groups -OCH3 is 1. The quantitative estimate of drug-likeness (QED) is 0.774. The smallest absolute Gasteiger partial charge is 0.416 e. The van der Waals surface area contributed by atoms with E-state index in [2.05, 4.69) is 4.74 Å². The van der Waals surface area contributed by atoms with Gasteiger partial charge >= 0.3 is 12.1 Å². The van der Waals surface area contributed by atoms with Crippen molar-refractivity contribution < 1.29 is 36.2 Å². The highest BCUT2D eigenvalue weighted by atomic mass is 32.2. The van der Waals surface area contributed by atoms with Crippen LogP contribution in [0.4, 0.5) is 13.2 Å². The van der Waals surface area contributed by atoms with E-state index in [1.54, 1.807) is 0 Å². The Labute approximate surface area is 124 Å². The highest BCUT2D eigenvalue weighted by Gasteiger charge is 2.31. The van der Waals surface area contributed by atoms with Gasteiger partial charge in [0.15, 0.2) is 6.10 Å². The molecule has 0 aromatic heterocycles. The number of ether oxygens (including phenoxy) is 1. The van der Waals surface area contributed by atoms with Gasteiger partial charge in [-0.2, -0.15) is 13.2 Å². The summed E-state index contributed by atoms with van der Waals surface area (Å²) in [5.41, 5.74) is -1.09. The standard InChI is InChI=1S/C12H14F3NO5S/c1-7-5-8(12(13,14)15)3-4-10(7)22(19,20)16-6-9(17)11(18)21-2/h3-5,9,16-17H,6H2,1-2H3. The van der Waals surface area contributed by atoms with E-state index in [0.717, 1.165) is 13.2 Å². The normalized spacial score (nSPS) is 13.7. The number of carbonyl (C=O) groups excluding carboxylic acids is 1. The third-order valence-corrected chi connectivity index (χ3v) is 4.32. The summed E-state index contributed by atoms with van der Waals surface area (Å²) in [4.78, 5) is 10.6. The van der Waals surface area contributed by atoms with Crippen LogP contribution in [0.1, 0.15) is 11.1 Å². The molecule has 2 N–H and O–H groups in total. The third-order valence-electron chi connectivity index (χ3n) is 2.73. The second-order valence-corrected chi connectivity index (χ2v) is 6.10. The number of halogens is 3. The van der Waals surface area contributed by atoms with Gasteiger partial charge in [0.05, 0.1) is 17.6 Å². The summed E-state index contributed by atoms with van der Waals surface area (Å²) < 4.78 is 67.7. The molecule has 1 aromatic rings. The second-order valence-electron chi connectivity index (χ2n) is 4.37. The molecular weight excluding hydrogens is 327 g/mol. The molecule has 1 unspecified atom stereocenters. The number of nitrogens with one attached hydrogen (secondary N) is 1. The number of hydrogen-bond donors (Lipinski definition) is 2. The van der Waals surface area contributed by atoms with Crippen molar-refractivity contribution in [3.05, 3.63) is 29.3 Å². The Kier molecular flexibility index (Phi) is 5.54. The summed E-state index contributed by atoms with van der Waals surface area (Å²) >= 11 is 0. The van der Waals surface area contributed by atoms with Crippen LogP contribution in [0, 0.1) is 6.92 Å². The molecule has 0 aliphatic rings. The molecule has 1 aromatic carbocycles.